The summed E-state index contributed by atoms with van der Waals surface area (Å²) in [6.07, 6.45) is 2.73. The number of methoxy groups -OCH3 is 1. The van der Waals surface area contributed by atoms with Crippen molar-refractivity contribution in [1.82, 2.24) is 4.98 Å². The summed E-state index contributed by atoms with van der Waals surface area (Å²) in [6.45, 7) is 0. The van der Waals surface area contributed by atoms with Gasteiger partial charge in [0, 0.05) is 23.4 Å². The number of ether oxygens (including phenoxy) is 1. The van der Waals surface area contributed by atoms with E-state index in [0.717, 1.165) is 0 Å². The quantitative estimate of drug-likeness (QED) is 0.194. The number of nitro benzene ring substituents is 1. The Balaban J connectivity index is 1.50. The second-order valence-corrected chi connectivity index (χ2v) is 7.66. The van der Waals surface area contributed by atoms with E-state index in [9.17, 15) is 14.9 Å². The number of hydrogen-bond donors (Lipinski definition) is 1. The van der Waals surface area contributed by atoms with Gasteiger partial charge in [-0.25, -0.2) is 4.98 Å². The lowest BCUT2D eigenvalue weighted by molar-refractivity contribution is -0.384. The number of amides is 1. The summed E-state index contributed by atoms with van der Waals surface area (Å²) < 4.78 is 10.9. The first-order valence-corrected chi connectivity index (χ1v) is 10.3. The van der Waals surface area contributed by atoms with Gasteiger partial charge in [-0.3, -0.25) is 14.9 Å². The summed E-state index contributed by atoms with van der Waals surface area (Å²) in [5.74, 6) is 0.502. The summed E-state index contributed by atoms with van der Waals surface area (Å²) in [4.78, 5) is 27.2. The predicted molar refractivity (Wildman–Crippen MR) is 127 cm³/mol. The highest BCUT2D eigenvalue weighted by Crippen LogP contribution is 2.32. The molecule has 0 fully saturated rings. The van der Waals surface area contributed by atoms with Crippen LogP contribution in [0.4, 0.5) is 11.4 Å². The summed E-state index contributed by atoms with van der Waals surface area (Å²) in [7, 11) is 1.53. The van der Waals surface area contributed by atoms with Gasteiger partial charge in [0.05, 0.1) is 17.1 Å². The third-order valence-electron chi connectivity index (χ3n) is 4.65. The molecule has 0 spiro atoms. The third-order valence-corrected chi connectivity index (χ3v) is 5.26. The minimum Gasteiger partial charge on any atom is -0.495 e. The van der Waals surface area contributed by atoms with Gasteiger partial charge in [-0.15, -0.1) is 0 Å². The van der Waals surface area contributed by atoms with E-state index >= 15 is 0 Å². The molecule has 166 valence electrons. The predicted octanol–water partition coefficient (Wildman–Crippen LogP) is 6.37. The van der Waals surface area contributed by atoms with Crippen LogP contribution < -0.4 is 10.1 Å². The Kier molecular flexibility index (Phi) is 6.30. The van der Waals surface area contributed by atoms with Gasteiger partial charge in [0.25, 0.3) is 5.69 Å². The lowest BCUT2D eigenvalue weighted by Crippen LogP contribution is -2.07. The third kappa shape index (κ3) is 4.97. The van der Waals surface area contributed by atoms with Gasteiger partial charge in [-0.1, -0.05) is 29.3 Å². The fourth-order valence-corrected chi connectivity index (χ4v) is 3.50. The average Bonchev–Trinajstić information content (AvgIpc) is 3.21. The summed E-state index contributed by atoms with van der Waals surface area (Å²) in [5, 5.41) is 14.2. The molecule has 4 aromatic rings. The van der Waals surface area contributed by atoms with Gasteiger partial charge in [-0.05, 0) is 54.1 Å². The molecule has 8 nitrogen and oxygen atoms in total. The van der Waals surface area contributed by atoms with Crippen LogP contribution in [0.1, 0.15) is 5.56 Å². The smallest absolute Gasteiger partial charge is 0.288 e. The van der Waals surface area contributed by atoms with Crippen molar-refractivity contribution >= 4 is 57.7 Å². The minimum atomic E-state index is -0.582. The van der Waals surface area contributed by atoms with Gasteiger partial charge in [0.15, 0.2) is 5.58 Å². The molecular formula is C23H15Cl2N3O5. The van der Waals surface area contributed by atoms with Gasteiger partial charge >= 0.3 is 0 Å². The molecule has 1 heterocycles. The van der Waals surface area contributed by atoms with Crippen molar-refractivity contribution in [3.8, 4) is 17.2 Å². The first kappa shape index (κ1) is 22.3. The van der Waals surface area contributed by atoms with Gasteiger partial charge < -0.3 is 14.5 Å². The summed E-state index contributed by atoms with van der Waals surface area (Å²) >= 11 is 12.0. The number of carbonyl (C=O) groups excluding carboxylic acids is 1. The second-order valence-electron chi connectivity index (χ2n) is 6.84. The number of fused-ring (bicyclic) bond motifs is 1. The molecule has 0 saturated heterocycles. The van der Waals surface area contributed by atoms with Gasteiger partial charge in [0.1, 0.15) is 16.3 Å². The van der Waals surface area contributed by atoms with Crippen molar-refractivity contribution in [3.63, 3.8) is 0 Å². The number of rotatable bonds is 6. The highest BCUT2D eigenvalue weighted by molar-refractivity contribution is 6.32. The van der Waals surface area contributed by atoms with Crippen LogP contribution in [0.25, 0.3) is 28.6 Å². The fraction of sp³-hybridized carbons (Fsp3) is 0.0435. The molecule has 0 aliphatic heterocycles. The maximum absolute atomic E-state index is 12.3. The lowest BCUT2D eigenvalue weighted by atomic mass is 10.2. The molecule has 0 unspecified atom stereocenters. The Bertz CT molecular complexity index is 1410. The van der Waals surface area contributed by atoms with E-state index in [1.807, 2.05) is 0 Å². The monoisotopic (exact) mass is 483 g/mol. The zero-order chi connectivity index (χ0) is 23.5. The van der Waals surface area contributed by atoms with E-state index in [1.165, 1.54) is 31.4 Å². The maximum Gasteiger partial charge on any atom is 0.288 e. The number of oxazole rings is 1. The highest BCUT2D eigenvalue weighted by atomic mass is 35.5. The van der Waals surface area contributed by atoms with Gasteiger partial charge in [-0.2, -0.15) is 0 Å². The molecular weight excluding hydrogens is 469 g/mol. The fourth-order valence-electron chi connectivity index (χ4n) is 3.06. The number of nitro groups is 1. The van der Waals surface area contributed by atoms with Crippen molar-refractivity contribution in [2.45, 2.75) is 0 Å². The van der Waals surface area contributed by atoms with Crippen LogP contribution in [0.2, 0.25) is 10.0 Å². The molecule has 0 radical (unpaired) electrons. The first-order valence-electron chi connectivity index (χ1n) is 9.51. The Morgan fingerprint density at radius 2 is 1.94 bits per heavy atom. The summed E-state index contributed by atoms with van der Waals surface area (Å²) in [6, 6.07) is 14.5. The van der Waals surface area contributed by atoms with Crippen LogP contribution in [0, 0.1) is 10.1 Å². The second kappa shape index (κ2) is 9.32. The number of nitrogens with one attached hydrogen (secondary N) is 1. The molecule has 1 N–H and O–H groups in total. The maximum atomic E-state index is 12.3. The molecule has 3 aromatic carbocycles. The Hall–Kier alpha value is -3.88. The Morgan fingerprint density at radius 3 is 2.67 bits per heavy atom. The topological polar surface area (TPSA) is 108 Å². The SMILES string of the molecule is COc1ccc(-c2nc3cc(NC(=O)/C=C/c4ccc(Cl)c([N+](=O)[O-])c4)ccc3o2)cc1Cl. The average molecular weight is 484 g/mol. The Morgan fingerprint density at radius 1 is 1.12 bits per heavy atom. The Labute approximate surface area is 197 Å². The van der Waals surface area contributed by atoms with Crippen molar-refractivity contribution in [1.29, 1.82) is 0 Å². The van der Waals surface area contributed by atoms with E-state index in [0.29, 0.717) is 44.6 Å². The van der Waals surface area contributed by atoms with E-state index in [-0.39, 0.29) is 10.7 Å². The molecule has 0 aliphatic rings. The van der Waals surface area contributed by atoms with Crippen LogP contribution in [0.3, 0.4) is 0 Å². The van der Waals surface area contributed by atoms with Crippen molar-refractivity contribution in [2.24, 2.45) is 0 Å². The zero-order valence-electron chi connectivity index (χ0n) is 17.0. The molecule has 0 aliphatic carbocycles. The standard InChI is InChI=1S/C23H15Cl2N3O5/c1-32-20-7-4-14(11-17(20)25)23-27-18-12-15(5-8-21(18)33-23)26-22(29)9-3-13-2-6-16(24)19(10-13)28(30)31/h2-12H,1H3,(H,26,29)/b9-3+. The number of hydrogen-bond acceptors (Lipinski definition) is 6. The lowest BCUT2D eigenvalue weighted by Gasteiger charge is -2.03. The van der Waals surface area contributed by atoms with Crippen molar-refractivity contribution < 1.29 is 18.9 Å². The normalized spacial score (nSPS) is 11.1. The molecule has 0 bridgehead atoms. The minimum absolute atomic E-state index is 0.0267. The number of aromatic nitrogens is 1. The van der Waals surface area contributed by atoms with E-state index in [4.69, 9.17) is 32.4 Å². The van der Waals surface area contributed by atoms with E-state index in [1.54, 1.807) is 42.5 Å². The van der Waals surface area contributed by atoms with Crippen LogP contribution in [-0.2, 0) is 4.79 Å². The van der Waals surface area contributed by atoms with Crippen LogP contribution in [-0.4, -0.2) is 22.9 Å². The number of carbonyl (C=O) groups is 1. The molecule has 10 heteroatoms. The molecule has 1 amide bonds. The highest BCUT2D eigenvalue weighted by Gasteiger charge is 2.13. The number of nitrogens with zero attached hydrogens (tertiary/aromatic N) is 2. The van der Waals surface area contributed by atoms with Gasteiger partial charge in [0.2, 0.25) is 11.8 Å². The number of anilines is 1. The molecule has 0 saturated carbocycles. The van der Waals surface area contributed by atoms with E-state index in [2.05, 4.69) is 10.3 Å². The summed E-state index contributed by atoms with van der Waals surface area (Å²) in [5.41, 5.74) is 2.51. The van der Waals surface area contributed by atoms with Crippen LogP contribution >= 0.6 is 23.2 Å². The largest absolute Gasteiger partial charge is 0.495 e. The van der Waals surface area contributed by atoms with Crippen molar-refractivity contribution in [3.05, 3.63) is 86.4 Å². The first-order chi connectivity index (χ1) is 15.8. The zero-order valence-corrected chi connectivity index (χ0v) is 18.6. The van der Waals surface area contributed by atoms with Crippen LogP contribution in [0.15, 0.2) is 65.1 Å². The molecule has 33 heavy (non-hydrogen) atoms. The van der Waals surface area contributed by atoms with Crippen LogP contribution in [0.5, 0.6) is 5.75 Å². The van der Waals surface area contributed by atoms with Crippen molar-refractivity contribution in [2.75, 3.05) is 12.4 Å². The number of benzene rings is 3. The molecule has 4 rings (SSSR count). The van der Waals surface area contributed by atoms with E-state index < -0.39 is 10.8 Å². The molecule has 0 atom stereocenters. The molecule has 1 aromatic heterocycles. The number of halogens is 2.